The highest BCUT2D eigenvalue weighted by Crippen LogP contribution is 2.27. The summed E-state index contributed by atoms with van der Waals surface area (Å²) < 4.78 is 5.46. The van der Waals surface area contributed by atoms with Gasteiger partial charge in [0.2, 0.25) is 0 Å². The first-order chi connectivity index (χ1) is 11.1. The molecule has 0 N–H and O–H groups in total. The monoisotopic (exact) mass is 348 g/mol. The molecule has 2 aromatic carbocycles. The molecule has 2 aromatic rings. The standard InChI is InChI=1S/C17H14Cl2N2O2/c18-13-6-7-16(14(19)10-13)23-11-17(22)21-9-8-15(20-21)12-4-2-1-3-5-12/h1-7,10H,8-9,11H2. The van der Waals surface area contributed by atoms with Crippen molar-refractivity contribution < 1.29 is 9.53 Å². The van der Waals surface area contributed by atoms with Crippen molar-refractivity contribution in [3.05, 3.63) is 64.1 Å². The molecular weight excluding hydrogens is 335 g/mol. The minimum absolute atomic E-state index is 0.118. The van der Waals surface area contributed by atoms with Gasteiger partial charge in [-0.1, -0.05) is 53.5 Å². The molecule has 118 valence electrons. The van der Waals surface area contributed by atoms with Crippen LogP contribution in [0.1, 0.15) is 12.0 Å². The van der Waals surface area contributed by atoms with E-state index in [9.17, 15) is 4.79 Å². The molecular formula is C17H14Cl2N2O2. The van der Waals surface area contributed by atoms with Gasteiger partial charge in [0.25, 0.3) is 5.91 Å². The number of hydrogen-bond acceptors (Lipinski definition) is 3. The molecule has 0 unspecified atom stereocenters. The van der Waals surface area contributed by atoms with Crippen LogP contribution >= 0.6 is 23.2 Å². The Morgan fingerprint density at radius 1 is 1.17 bits per heavy atom. The number of hydrazone groups is 1. The molecule has 1 amide bonds. The Balaban J connectivity index is 1.62. The van der Waals surface area contributed by atoms with Gasteiger partial charge in [0, 0.05) is 11.4 Å². The number of carbonyl (C=O) groups excluding carboxylic acids is 1. The maximum Gasteiger partial charge on any atom is 0.280 e. The molecule has 0 fully saturated rings. The van der Waals surface area contributed by atoms with Crippen LogP contribution in [0.5, 0.6) is 5.75 Å². The van der Waals surface area contributed by atoms with Crippen LogP contribution in [-0.2, 0) is 4.79 Å². The Morgan fingerprint density at radius 3 is 2.70 bits per heavy atom. The van der Waals surface area contributed by atoms with Crippen LogP contribution in [0.3, 0.4) is 0 Å². The van der Waals surface area contributed by atoms with Crippen molar-refractivity contribution in [2.75, 3.05) is 13.2 Å². The molecule has 0 bridgehead atoms. The molecule has 4 nitrogen and oxygen atoms in total. The third-order valence-corrected chi connectivity index (χ3v) is 3.97. The fourth-order valence-electron chi connectivity index (χ4n) is 2.28. The van der Waals surface area contributed by atoms with Crippen LogP contribution in [0, 0.1) is 0 Å². The van der Waals surface area contributed by atoms with Crippen molar-refractivity contribution >= 4 is 34.8 Å². The molecule has 6 heteroatoms. The van der Waals surface area contributed by atoms with E-state index in [0.29, 0.717) is 22.3 Å². The lowest BCUT2D eigenvalue weighted by Crippen LogP contribution is -2.28. The molecule has 1 aliphatic heterocycles. The number of amides is 1. The normalized spacial score (nSPS) is 13.8. The SMILES string of the molecule is O=C(COc1ccc(Cl)cc1Cl)N1CCC(c2ccccc2)=N1. The second-order valence-corrected chi connectivity index (χ2v) is 5.89. The summed E-state index contributed by atoms with van der Waals surface area (Å²) in [6.45, 7) is 0.438. The van der Waals surface area contributed by atoms with Gasteiger partial charge >= 0.3 is 0 Å². The molecule has 0 radical (unpaired) electrons. The van der Waals surface area contributed by atoms with Crippen LogP contribution < -0.4 is 4.74 Å². The van der Waals surface area contributed by atoms with Gasteiger partial charge < -0.3 is 4.74 Å². The Morgan fingerprint density at radius 2 is 1.96 bits per heavy atom. The van der Waals surface area contributed by atoms with Crippen molar-refractivity contribution in [3.63, 3.8) is 0 Å². The Bertz CT molecular complexity index is 748. The van der Waals surface area contributed by atoms with Gasteiger partial charge in [-0.15, -0.1) is 0 Å². The summed E-state index contributed by atoms with van der Waals surface area (Å²) in [7, 11) is 0. The number of carbonyl (C=O) groups is 1. The summed E-state index contributed by atoms with van der Waals surface area (Å²) >= 11 is 11.8. The lowest BCUT2D eigenvalue weighted by Gasteiger charge is -2.13. The van der Waals surface area contributed by atoms with E-state index in [0.717, 1.165) is 17.7 Å². The first-order valence-electron chi connectivity index (χ1n) is 7.14. The smallest absolute Gasteiger partial charge is 0.280 e. The summed E-state index contributed by atoms with van der Waals surface area (Å²) in [6, 6.07) is 14.7. The van der Waals surface area contributed by atoms with E-state index in [2.05, 4.69) is 5.10 Å². The molecule has 0 saturated heterocycles. The van der Waals surface area contributed by atoms with E-state index in [1.54, 1.807) is 18.2 Å². The lowest BCUT2D eigenvalue weighted by molar-refractivity contribution is -0.132. The molecule has 0 spiro atoms. The van der Waals surface area contributed by atoms with E-state index in [4.69, 9.17) is 27.9 Å². The lowest BCUT2D eigenvalue weighted by atomic mass is 10.1. The fraction of sp³-hybridized carbons (Fsp3) is 0.176. The summed E-state index contributed by atoms with van der Waals surface area (Å²) in [5.74, 6) is 0.220. The third-order valence-electron chi connectivity index (χ3n) is 3.44. The first-order valence-corrected chi connectivity index (χ1v) is 7.90. The number of nitrogens with zero attached hydrogens (tertiary/aromatic N) is 2. The van der Waals surface area contributed by atoms with Crippen molar-refractivity contribution in [3.8, 4) is 5.75 Å². The van der Waals surface area contributed by atoms with E-state index in [1.165, 1.54) is 5.01 Å². The molecule has 0 aliphatic carbocycles. The second kappa shape index (κ2) is 7.02. The Labute approximate surface area is 144 Å². The number of ether oxygens (including phenoxy) is 1. The quantitative estimate of drug-likeness (QED) is 0.837. The van der Waals surface area contributed by atoms with Crippen molar-refractivity contribution in [1.82, 2.24) is 5.01 Å². The van der Waals surface area contributed by atoms with E-state index < -0.39 is 0 Å². The van der Waals surface area contributed by atoms with Gasteiger partial charge in [0.05, 0.1) is 17.3 Å². The predicted octanol–water partition coefficient (Wildman–Crippen LogP) is 4.01. The first kappa shape index (κ1) is 15.8. The van der Waals surface area contributed by atoms with Crippen molar-refractivity contribution in [2.24, 2.45) is 5.10 Å². The highest BCUT2D eigenvalue weighted by atomic mass is 35.5. The second-order valence-electron chi connectivity index (χ2n) is 5.04. The highest BCUT2D eigenvalue weighted by Gasteiger charge is 2.22. The van der Waals surface area contributed by atoms with Gasteiger partial charge in [-0.05, 0) is 23.8 Å². The van der Waals surface area contributed by atoms with Crippen LogP contribution in [0.4, 0.5) is 0 Å². The number of rotatable bonds is 4. The summed E-state index contributed by atoms with van der Waals surface area (Å²) in [4.78, 5) is 12.2. The summed E-state index contributed by atoms with van der Waals surface area (Å²) in [6.07, 6.45) is 0.734. The zero-order chi connectivity index (χ0) is 16.2. The predicted molar refractivity (Wildman–Crippen MR) is 91.3 cm³/mol. The minimum atomic E-state index is -0.207. The summed E-state index contributed by atoms with van der Waals surface area (Å²) in [5, 5.41) is 6.70. The fourth-order valence-corrected chi connectivity index (χ4v) is 2.74. The average molecular weight is 349 g/mol. The van der Waals surface area contributed by atoms with E-state index in [-0.39, 0.29) is 12.5 Å². The Hall–Kier alpha value is -2.04. The topological polar surface area (TPSA) is 41.9 Å². The third kappa shape index (κ3) is 3.84. The molecule has 3 rings (SSSR count). The van der Waals surface area contributed by atoms with Gasteiger partial charge in [0.15, 0.2) is 6.61 Å². The molecule has 1 heterocycles. The Kier molecular flexibility index (Phi) is 4.84. The van der Waals surface area contributed by atoms with Crippen molar-refractivity contribution in [1.29, 1.82) is 0 Å². The molecule has 1 aliphatic rings. The van der Waals surface area contributed by atoms with E-state index in [1.807, 2.05) is 30.3 Å². The number of halogens is 2. The van der Waals surface area contributed by atoms with Crippen LogP contribution in [-0.4, -0.2) is 29.8 Å². The van der Waals surface area contributed by atoms with Crippen LogP contribution in [0.2, 0.25) is 10.0 Å². The number of hydrogen-bond donors (Lipinski definition) is 0. The molecule has 23 heavy (non-hydrogen) atoms. The number of benzene rings is 2. The molecule has 0 aromatic heterocycles. The van der Waals surface area contributed by atoms with E-state index >= 15 is 0 Å². The van der Waals surface area contributed by atoms with Crippen LogP contribution in [0.25, 0.3) is 0 Å². The van der Waals surface area contributed by atoms with Crippen molar-refractivity contribution in [2.45, 2.75) is 6.42 Å². The van der Waals surface area contributed by atoms with Gasteiger partial charge in [-0.2, -0.15) is 5.10 Å². The largest absolute Gasteiger partial charge is 0.482 e. The van der Waals surface area contributed by atoms with Crippen LogP contribution in [0.15, 0.2) is 53.6 Å². The average Bonchev–Trinajstić information content (AvgIpc) is 3.05. The van der Waals surface area contributed by atoms with Gasteiger partial charge in [0.1, 0.15) is 5.75 Å². The van der Waals surface area contributed by atoms with Gasteiger partial charge in [-0.3, -0.25) is 4.79 Å². The zero-order valence-electron chi connectivity index (χ0n) is 12.2. The molecule has 0 saturated carbocycles. The maximum absolute atomic E-state index is 12.2. The molecule has 0 atom stereocenters. The minimum Gasteiger partial charge on any atom is -0.482 e. The maximum atomic E-state index is 12.2. The summed E-state index contributed by atoms with van der Waals surface area (Å²) in [5.41, 5.74) is 1.94. The zero-order valence-corrected chi connectivity index (χ0v) is 13.7. The highest BCUT2D eigenvalue weighted by molar-refractivity contribution is 6.35. The van der Waals surface area contributed by atoms with Gasteiger partial charge in [-0.25, -0.2) is 5.01 Å².